The van der Waals surface area contributed by atoms with E-state index in [1.54, 1.807) is 6.92 Å². The summed E-state index contributed by atoms with van der Waals surface area (Å²) in [6.45, 7) is 4.01. The Morgan fingerprint density at radius 1 is 0.966 bits per heavy atom. The predicted octanol–water partition coefficient (Wildman–Crippen LogP) is 4.25. The molecule has 0 atom stereocenters. The molecule has 0 fully saturated rings. The minimum atomic E-state index is -0.486. The largest absolute Gasteiger partial charge is 0.479 e. The van der Waals surface area contributed by atoms with Gasteiger partial charge < -0.3 is 14.4 Å². The number of halogens is 1. The zero-order chi connectivity index (χ0) is 20.2. The van der Waals surface area contributed by atoms with Gasteiger partial charge in [-0.3, -0.25) is 20.2 Å². The lowest BCUT2D eigenvalue weighted by Gasteiger charge is -2.01. The van der Waals surface area contributed by atoms with Gasteiger partial charge in [0, 0.05) is 31.2 Å². The highest BCUT2D eigenvalue weighted by Gasteiger charge is 2.04. The minimum Gasteiger partial charge on any atom is -0.479 e. The number of ether oxygens (including phenoxy) is 1. The van der Waals surface area contributed by atoms with Crippen molar-refractivity contribution in [2.75, 3.05) is 6.61 Å². The Labute approximate surface area is 173 Å². The maximum Gasteiger partial charge on any atom is 0.269 e. The predicted molar refractivity (Wildman–Crippen MR) is 110 cm³/mol. The van der Waals surface area contributed by atoms with E-state index in [0.29, 0.717) is 24.0 Å². The molecule has 2 N–H and O–H groups in total. The van der Waals surface area contributed by atoms with Crippen LogP contribution in [-0.2, 0) is 4.74 Å². The van der Waals surface area contributed by atoms with Crippen LogP contribution in [-0.4, -0.2) is 22.4 Å². The zero-order valence-electron chi connectivity index (χ0n) is 15.0. The number of non-ortho nitro benzene ring substituents is 2. The average Bonchev–Trinajstić information content (AvgIpc) is 2.67. The summed E-state index contributed by atoms with van der Waals surface area (Å²) >= 11 is 0. The van der Waals surface area contributed by atoms with Crippen molar-refractivity contribution in [2.24, 2.45) is 11.1 Å². The highest BCUT2D eigenvalue weighted by molar-refractivity contribution is 5.85. The van der Waals surface area contributed by atoms with E-state index in [1.807, 2.05) is 6.92 Å². The van der Waals surface area contributed by atoms with E-state index < -0.39 is 9.85 Å². The second-order valence-corrected chi connectivity index (χ2v) is 4.75. The normalized spacial score (nSPS) is 9.55. The highest BCUT2D eigenvalue weighted by Crippen LogP contribution is 2.17. The zero-order valence-corrected chi connectivity index (χ0v) is 15.8. The maximum absolute atomic E-state index is 10.4. The molecule has 0 spiro atoms. The van der Waals surface area contributed by atoms with Gasteiger partial charge in [0.15, 0.2) is 5.75 Å². The average molecular weight is 431 g/mol. The van der Waals surface area contributed by atoms with Crippen LogP contribution in [0.15, 0.2) is 53.7 Å². The molecule has 0 aromatic heterocycles. The second kappa shape index (κ2) is 14.6. The van der Waals surface area contributed by atoms with E-state index in [2.05, 4.69) is 9.99 Å². The van der Waals surface area contributed by atoms with Crippen LogP contribution in [0.4, 0.5) is 11.4 Å². The topological polar surface area (TPSA) is 152 Å². The first kappa shape index (κ1) is 27.8. The molecule has 0 aliphatic carbocycles. The summed E-state index contributed by atoms with van der Waals surface area (Å²) in [7, 11) is 0. The van der Waals surface area contributed by atoms with E-state index in [-0.39, 0.29) is 31.2 Å². The minimum absolute atomic E-state index is 0. The number of benzene rings is 2. The molecule has 0 saturated heterocycles. The summed E-state index contributed by atoms with van der Waals surface area (Å²) in [5.41, 5.74) is 0.0312. The van der Waals surface area contributed by atoms with Gasteiger partial charge >= 0.3 is 0 Å². The van der Waals surface area contributed by atoms with E-state index in [4.69, 9.17) is 15.5 Å². The summed E-state index contributed by atoms with van der Waals surface area (Å²) < 4.78 is 5.04. The monoisotopic (exact) mass is 430 g/mol. The standard InChI is InChI=1S/C10H12N2O4.C6H6N2O3.CH4.ClH/c1-3-15-8(2)11-16-10-6-4-9(5-7-10)12(13)14;7-11-6-3-1-5(2-4-6)8(9)10;;/h4-7H,3H2,1-2H3;1-4H,7H2;1H4;1H. The van der Waals surface area contributed by atoms with Crippen LogP contribution in [0.25, 0.3) is 0 Å². The Kier molecular flexibility index (Phi) is 14.0. The Morgan fingerprint density at radius 3 is 1.72 bits per heavy atom. The van der Waals surface area contributed by atoms with Gasteiger partial charge in [-0.1, -0.05) is 7.43 Å². The van der Waals surface area contributed by atoms with E-state index in [1.165, 1.54) is 48.5 Å². The SMILES string of the molecule is C.CCOC(C)=NOc1ccc([N+](=O)[O-])cc1.Cl.NOc1ccc([N+](=O)[O-])cc1. The van der Waals surface area contributed by atoms with Gasteiger partial charge in [0.05, 0.1) is 16.5 Å². The van der Waals surface area contributed by atoms with Gasteiger partial charge in [-0.05, 0) is 36.3 Å². The fraction of sp³-hybridized carbons (Fsp3) is 0.235. The fourth-order valence-corrected chi connectivity index (χ4v) is 1.63. The molecular formula is C17H23ClN4O7. The van der Waals surface area contributed by atoms with Crippen molar-refractivity contribution in [3.05, 3.63) is 68.8 Å². The molecule has 0 saturated carbocycles. The first-order valence-corrected chi connectivity index (χ1v) is 7.57. The number of nitro benzene ring substituents is 2. The lowest BCUT2D eigenvalue weighted by atomic mass is 10.3. The van der Waals surface area contributed by atoms with Gasteiger partial charge in [0.2, 0.25) is 5.90 Å². The van der Waals surface area contributed by atoms with Crippen LogP contribution in [0.5, 0.6) is 11.5 Å². The van der Waals surface area contributed by atoms with Gasteiger partial charge in [0.25, 0.3) is 11.4 Å². The van der Waals surface area contributed by atoms with E-state index in [0.717, 1.165) is 0 Å². The number of oxime groups is 1. The molecular weight excluding hydrogens is 408 g/mol. The van der Waals surface area contributed by atoms with Crippen molar-refractivity contribution in [1.82, 2.24) is 0 Å². The van der Waals surface area contributed by atoms with Crippen LogP contribution in [0.2, 0.25) is 0 Å². The fourth-order valence-electron chi connectivity index (χ4n) is 1.63. The third kappa shape index (κ3) is 10.5. The number of rotatable bonds is 6. The molecule has 2 aromatic carbocycles. The van der Waals surface area contributed by atoms with Crippen LogP contribution in [0.1, 0.15) is 21.3 Å². The third-order valence-electron chi connectivity index (χ3n) is 2.86. The lowest BCUT2D eigenvalue weighted by molar-refractivity contribution is -0.385. The Morgan fingerprint density at radius 2 is 1.38 bits per heavy atom. The number of nitrogens with zero attached hydrogens (tertiary/aromatic N) is 3. The molecule has 0 aliphatic rings. The van der Waals surface area contributed by atoms with Gasteiger partial charge in [0.1, 0.15) is 5.75 Å². The van der Waals surface area contributed by atoms with E-state index in [9.17, 15) is 20.2 Å². The molecule has 0 amide bonds. The van der Waals surface area contributed by atoms with Crippen LogP contribution < -0.4 is 15.6 Å². The van der Waals surface area contributed by atoms with Gasteiger partial charge in [-0.2, -0.15) is 5.90 Å². The molecule has 12 heteroatoms. The Balaban J connectivity index is 0. The second-order valence-electron chi connectivity index (χ2n) is 4.75. The Bertz CT molecular complexity index is 783. The van der Waals surface area contributed by atoms with Crippen LogP contribution >= 0.6 is 12.4 Å². The first-order valence-electron chi connectivity index (χ1n) is 7.57. The smallest absolute Gasteiger partial charge is 0.269 e. The van der Waals surface area contributed by atoms with Crippen molar-refractivity contribution in [3.8, 4) is 11.5 Å². The first-order chi connectivity index (χ1) is 12.9. The molecule has 11 nitrogen and oxygen atoms in total. The molecule has 0 heterocycles. The summed E-state index contributed by atoms with van der Waals surface area (Å²) in [6, 6.07) is 11.1. The van der Waals surface area contributed by atoms with Gasteiger partial charge in [-0.25, -0.2) is 0 Å². The number of hydrogen-bond donors (Lipinski definition) is 1. The number of hydrogen-bond acceptors (Lipinski definition) is 9. The lowest BCUT2D eigenvalue weighted by Crippen LogP contribution is -2.01. The molecule has 0 aliphatic heterocycles. The molecule has 0 bridgehead atoms. The molecule has 2 rings (SSSR count). The van der Waals surface area contributed by atoms with E-state index >= 15 is 0 Å². The Hall–Kier alpha value is -3.44. The van der Waals surface area contributed by atoms with Crippen LogP contribution in [0.3, 0.4) is 0 Å². The summed E-state index contributed by atoms with van der Waals surface area (Å²) in [4.78, 5) is 28.9. The third-order valence-corrected chi connectivity index (χ3v) is 2.86. The molecule has 29 heavy (non-hydrogen) atoms. The summed E-state index contributed by atoms with van der Waals surface area (Å²) in [6.07, 6.45) is 0. The maximum atomic E-state index is 10.4. The highest BCUT2D eigenvalue weighted by atomic mass is 35.5. The van der Waals surface area contributed by atoms with Crippen LogP contribution in [0, 0.1) is 20.2 Å². The van der Waals surface area contributed by atoms with Crippen molar-refractivity contribution >= 4 is 29.7 Å². The summed E-state index contributed by atoms with van der Waals surface area (Å²) in [5.74, 6) is 6.03. The van der Waals surface area contributed by atoms with Crippen molar-refractivity contribution < 1.29 is 24.3 Å². The van der Waals surface area contributed by atoms with Crippen molar-refractivity contribution in [3.63, 3.8) is 0 Å². The molecule has 2 aromatic rings. The summed E-state index contributed by atoms with van der Waals surface area (Å²) in [5, 5.41) is 24.2. The quantitative estimate of drug-likeness (QED) is 0.309. The molecule has 0 unspecified atom stereocenters. The number of nitro groups is 2. The van der Waals surface area contributed by atoms with Crippen molar-refractivity contribution in [2.45, 2.75) is 21.3 Å². The number of nitrogens with two attached hydrogens (primary N) is 1. The van der Waals surface area contributed by atoms with Gasteiger partial charge in [-0.15, -0.1) is 12.4 Å². The molecule has 0 radical (unpaired) electrons. The molecule has 160 valence electrons. The van der Waals surface area contributed by atoms with Crippen molar-refractivity contribution in [1.29, 1.82) is 0 Å².